The third-order valence-corrected chi connectivity index (χ3v) is 17.8. The van der Waals surface area contributed by atoms with Gasteiger partial charge in [-0.05, 0) is 17.1 Å². The topological polar surface area (TPSA) is 134 Å². The molecule has 1 aromatic heterocycles. The number of hydrogen-bond donors (Lipinski definition) is 1. The zero-order valence-corrected chi connectivity index (χ0v) is 27.6. The lowest BCUT2D eigenvalue weighted by Gasteiger charge is -2.51. The van der Waals surface area contributed by atoms with Crippen molar-refractivity contribution in [1.82, 2.24) is 14.5 Å². The second-order valence-corrected chi connectivity index (χ2v) is 20.8. The standard InChI is InChI=1S/C27H47N5O6Si2/c1-17(2)39(18(3)4)36-21(16-31(9)10)23-24(37-40(38-39,19(5)6)20(7)8)25(34-15-11-13-28)26(35-23)32-14-12-22(29)30-27(32)33/h12,14,16-20,23-26H,11,15H2,1-10H3,(H2,29,30,33)/t23-,24-,25-,26-/m1/s1. The van der Waals surface area contributed by atoms with E-state index in [-0.39, 0.29) is 41.0 Å². The summed E-state index contributed by atoms with van der Waals surface area (Å²) < 4.78 is 36.2. The smallest absolute Gasteiger partial charge is 0.395 e. The van der Waals surface area contributed by atoms with Crippen molar-refractivity contribution >= 4 is 22.9 Å². The van der Waals surface area contributed by atoms with E-state index in [9.17, 15) is 10.1 Å². The first-order chi connectivity index (χ1) is 18.7. The van der Waals surface area contributed by atoms with Gasteiger partial charge in [0.15, 0.2) is 6.23 Å². The highest BCUT2D eigenvalue weighted by atomic mass is 28.5. The number of ether oxygens (including phenoxy) is 2. The Kier molecular flexibility index (Phi) is 10.3. The van der Waals surface area contributed by atoms with Crippen LogP contribution < -0.4 is 11.4 Å². The summed E-state index contributed by atoms with van der Waals surface area (Å²) in [6.07, 6.45) is 0.644. The van der Waals surface area contributed by atoms with Gasteiger partial charge in [-0.25, -0.2) is 4.79 Å². The molecule has 4 atom stereocenters. The Morgan fingerprint density at radius 1 is 1.12 bits per heavy atom. The molecule has 0 radical (unpaired) electrons. The predicted octanol–water partition coefficient (Wildman–Crippen LogP) is 4.38. The van der Waals surface area contributed by atoms with E-state index in [1.54, 1.807) is 12.3 Å². The van der Waals surface area contributed by atoms with Gasteiger partial charge in [0.05, 0.1) is 19.1 Å². The molecule has 0 unspecified atom stereocenters. The Morgan fingerprint density at radius 3 is 2.23 bits per heavy atom. The van der Waals surface area contributed by atoms with Crippen molar-refractivity contribution in [2.24, 2.45) is 0 Å². The van der Waals surface area contributed by atoms with Crippen LogP contribution in [0.1, 0.15) is 68.0 Å². The number of nitriles is 1. The van der Waals surface area contributed by atoms with Crippen LogP contribution >= 0.6 is 0 Å². The van der Waals surface area contributed by atoms with Gasteiger partial charge < -0.3 is 33.1 Å². The lowest BCUT2D eigenvalue weighted by molar-refractivity contribution is -0.0678. The van der Waals surface area contributed by atoms with Crippen molar-refractivity contribution in [2.75, 3.05) is 26.4 Å². The molecule has 2 saturated heterocycles. The van der Waals surface area contributed by atoms with Crippen molar-refractivity contribution < 1.29 is 22.4 Å². The molecular weight excluding hydrogens is 546 g/mol. The molecule has 2 aliphatic heterocycles. The van der Waals surface area contributed by atoms with Crippen LogP contribution in [0, 0.1) is 11.3 Å². The predicted molar refractivity (Wildman–Crippen MR) is 158 cm³/mol. The molecule has 1 aromatic rings. The van der Waals surface area contributed by atoms with Gasteiger partial charge in [0, 0.05) is 37.6 Å². The van der Waals surface area contributed by atoms with Crippen LogP contribution in [0.25, 0.3) is 0 Å². The molecule has 0 aromatic carbocycles. The van der Waals surface area contributed by atoms with Crippen LogP contribution in [0.4, 0.5) is 5.82 Å². The molecule has 40 heavy (non-hydrogen) atoms. The van der Waals surface area contributed by atoms with Gasteiger partial charge in [-0.3, -0.25) is 4.57 Å². The normalized spacial score (nSPS) is 27.0. The molecule has 2 aliphatic rings. The van der Waals surface area contributed by atoms with E-state index in [0.29, 0.717) is 5.76 Å². The SMILES string of the molecule is CC(C)[Si]1(C(C)C)OC(=CN(C)C)[C@H]2O[C@@H](n3ccc(N)nc3=O)[C@H](OCCC#N)[C@@H]2O[Si](C(C)C)(C(C)C)O1. The minimum Gasteiger partial charge on any atom is -0.520 e. The fraction of sp³-hybridized carbons (Fsp3) is 0.741. The molecular formula is C27H47N5O6Si2. The second kappa shape index (κ2) is 12.7. The number of anilines is 1. The average Bonchev–Trinajstić information content (AvgIpc) is 3.17. The van der Waals surface area contributed by atoms with Crippen LogP contribution in [0.5, 0.6) is 0 Å². The number of nitrogens with zero attached hydrogens (tertiary/aromatic N) is 4. The third-order valence-electron chi connectivity index (χ3n) is 7.64. The summed E-state index contributed by atoms with van der Waals surface area (Å²) in [5.41, 5.74) is 5.62. The minimum atomic E-state index is -3.03. The molecule has 11 nitrogen and oxygen atoms in total. The molecule has 0 bridgehead atoms. The summed E-state index contributed by atoms with van der Waals surface area (Å²) in [7, 11) is -2.15. The van der Waals surface area contributed by atoms with Crippen LogP contribution in [-0.4, -0.2) is 70.6 Å². The second-order valence-electron chi connectivity index (χ2n) is 12.1. The van der Waals surface area contributed by atoms with E-state index in [4.69, 9.17) is 28.2 Å². The summed E-state index contributed by atoms with van der Waals surface area (Å²) >= 11 is 0. The summed E-state index contributed by atoms with van der Waals surface area (Å²) in [6.45, 7) is 17.4. The van der Waals surface area contributed by atoms with Crippen LogP contribution in [0.15, 0.2) is 29.0 Å². The Bertz CT molecular complexity index is 1130. The van der Waals surface area contributed by atoms with Gasteiger partial charge in [-0.15, -0.1) is 0 Å². The van der Waals surface area contributed by atoms with Crippen LogP contribution in [0.2, 0.25) is 22.2 Å². The van der Waals surface area contributed by atoms with Gasteiger partial charge >= 0.3 is 22.8 Å². The van der Waals surface area contributed by atoms with Gasteiger partial charge in [0.1, 0.15) is 29.9 Å². The summed E-state index contributed by atoms with van der Waals surface area (Å²) in [4.78, 5) is 18.8. The van der Waals surface area contributed by atoms with Gasteiger partial charge in [-0.1, -0.05) is 55.4 Å². The van der Waals surface area contributed by atoms with Crippen molar-refractivity contribution in [3.05, 3.63) is 34.7 Å². The molecule has 3 heterocycles. The highest BCUT2D eigenvalue weighted by molar-refractivity contribution is 6.84. The first-order valence-corrected chi connectivity index (χ1v) is 18.1. The molecule has 2 N–H and O–H groups in total. The molecule has 3 rings (SSSR count). The summed E-state index contributed by atoms with van der Waals surface area (Å²) in [5, 5.41) is 9.23. The van der Waals surface area contributed by atoms with Crippen molar-refractivity contribution in [2.45, 2.75) is 109 Å². The molecule has 2 fully saturated rings. The lowest BCUT2D eigenvalue weighted by Crippen LogP contribution is -2.65. The van der Waals surface area contributed by atoms with Crippen molar-refractivity contribution in [3.8, 4) is 6.07 Å². The number of nitrogen functional groups attached to an aromatic ring is 1. The maximum Gasteiger partial charge on any atom is 0.395 e. The van der Waals surface area contributed by atoms with E-state index < -0.39 is 47.4 Å². The Labute approximate surface area is 240 Å². The lowest BCUT2D eigenvalue weighted by atomic mass is 10.1. The largest absolute Gasteiger partial charge is 0.520 e. The molecule has 0 saturated carbocycles. The van der Waals surface area contributed by atoms with E-state index in [0.717, 1.165) is 0 Å². The first kappa shape index (κ1) is 32.3. The number of rotatable bonds is 9. The molecule has 224 valence electrons. The Morgan fingerprint density at radius 2 is 1.73 bits per heavy atom. The number of aromatic nitrogens is 2. The highest BCUT2D eigenvalue weighted by Gasteiger charge is 2.64. The zero-order chi connectivity index (χ0) is 30.0. The first-order valence-electron chi connectivity index (χ1n) is 14.1. The van der Waals surface area contributed by atoms with Gasteiger partial charge in [0.2, 0.25) is 0 Å². The summed E-state index contributed by atoms with van der Waals surface area (Å²) in [5.74, 6) is 0.691. The Hall–Kier alpha value is -2.22. The van der Waals surface area contributed by atoms with Gasteiger partial charge in [0.25, 0.3) is 0 Å². The van der Waals surface area contributed by atoms with Crippen LogP contribution in [0.3, 0.4) is 0 Å². The third kappa shape index (κ3) is 6.17. The number of fused-ring (bicyclic) bond motifs is 1. The van der Waals surface area contributed by atoms with E-state index in [1.165, 1.54) is 4.57 Å². The van der Waals surface area contributed by atoms with E-state index >= 15 is 0 Å². The minimum absolute atomic E-state index is 0.0835. The molecule has 0 aliphatic carbocycles. The average molecular weight is 594 g/mol. The van der Waals surface area contributed by atoms with Crippen molar-refractivity contribution in [3.63, 3.8) is 0 Å². The molecule has 13 heteroatoms. The maximum atomic E-state index is 13.0. The Balaban J connectivity index is 2.30. The van der Waals surface area contributed by atoms with E-state index in [1.807, 2.05) is 25.2 Å². The summed E-state index contributed by atoms with van der Waals surface area (Å²) in [6, 6.07) is 3.67. The number of nitrogens with two attached hydrogens (primary N) is 1. The van der Waals surface area contributed by atoms with Gasteiger partial charge in [-0.2, -0.15) is 10.2 Å². The monoisotopic (exact) mass is 593 g/mol. The number of hydrogen-bond acceptors (Lipinski definition) is 10. The van der Waals surface area contributed by atoms with Crippen LogP contribution in [-0.2, 0) is 22.4 Å². The molecule has 0 amide bonds. The van der Waals surface area contributed by atoms with E-state index in [2.05, 4.69) is 66.4 Å². The highest BCUT2D eigenvalue weighted by Crippen LogP contribution is 2.50. The fourth-order valence-electron chi connectivity index (χ4n) is 5.67. The fourth-order valence-corrected chi connectivity index (χ4v) is 16.7. The van der Waals surface area contributed by atoms with Crippen molar-refractivity contribution in [1.29, 1.82) is 5.26 Å². The maximum absolute atomic E-state index is 13.0. The quantitative estimate of drug-likeness (QED) is 0.325. The zero-order valence-electron chi connectivity index (χ0n) is 25.6. The molecule has 0 spiro atoms.